The molecule has 0 aliphatic rings. The summed E-state index contributed by atoms with van der Waals surface area (Å²) in [5.41, 5.74) is 3.21. The van der Waals surface area contributed by atoms with Crippen molar-refractivity contribution in [1.82, 2.24) is 14.9 Å². The third-order valence-corrected chi connectivity index (χ3v) is 4.87. The molecule has 1 aromatic carbocycles. The number of pyridine rings is 1. The van der Waals surface area contributed by atoms with Crippen LogP contribution in [0.1, 0.15) is 34.2 Å². The summed E-state index contributed by atoms with van der Waals surface area (Å²) in [6.07, 6.45) is 1.73. The maximum Gasteiger partial charge on any atom is 0.253 e. The Morgan fingerprint density at radius 3 is 2.69 bits per heavy atom. The normalized spacial score (nSPS) is 10.7. The van der Waals surface area contributed by atoms with E-state index in [1.54, 1.807) is 19.4 Å². The van der Waals surface area contributed by atoms with Crippen LogP contribution in [0.5, 0.6) is 11.5 Å². The second kappa shape index (κ2) is 9.01. The molecule has 0 atom stereocenters. The lowest BCUT2D eigenvalue weighted by Crippen LogP contribution is -2.23. The van der Waals surface area contributed by atoms with Crippen molar-refractivity contribution in [3.63, 3.8) is 0 Å². The number of nitrogens with one attached hydrogen (secondary N) is 1. The maximum absolute atomic E-state index is 12.8. The summed E-state index contributed by atoms with van der Waals surface area (Å²) in [4.78, 5) is 17.2. The fraction of sp³-hybridized carbons (Fsp3) is 0.273. The number of ether oxygens (including phenoxy) is 2. The van der Waals surface area contributed by atoms with Crippen LogP contribution in [0.4, 0.5) is 0 Å². The zero-order chi connectivity index (χ0) is 21.0. The predicted octanol–water partition coefficient (Wildman–Crippen LogP) is 4.48. The van der Waals surface area contributed by atoms with Crippen molar-refractivity contribution in [2.45, 2.75) is 27.3 Å². The first-order valence-corrected chi connectivity index (χ1v) is 9.71. The number of hydrogen-bond donors (Lipinski definition) is 1. The molecule has 0 aliphatic heterocycles. The third-order valence-electron chi connectivity index (χ3n) is 4.59. The fourth-order valence-corrected chi connectivity index (χ4v) is 3.56. The highest BCUT2D eigenvalue weighted by molar-refractivity contribution is 6.32. The molecule has 29 heavy (non-hydrogen) atoms. The summed E-state index contributed by atoms with van der Waals surface area (Å²) in [7, 11) is 1.56. The number of rotatable bonds is 7. The maximum atomic E-state index is 12.8. The van der Waals surface area contributed by atoms with Gasteiger partial charge in [0.25, 0.3) is 5.91 Å². The van der Waals surface area contributed by atoms with E-state index in [4.69, 9.17) is 21.1 Å². The van der Waals surface area contributed by atoms with E-state index in [0.717, 1.165) is 22.8 Å². The molecule has 0 aliphatic carbocycles. The Balaban J connectivity index is 1.79. The van der Waals surface area contributed by atoms with Crippen LogP contribution >= 0.6 is 11.6 Å². The van der Waals surface area contributed by atoms with E-state index in [1.165, 1.54) is 0 Å². The van der Waals surface area contributed by atoms with Crippen molar-refractivity contribution in [1.29, 1.82) is 0 Å². The van der Waals surface area contributed by atoms with Crippen LogP contribution in [0.25, 0.3) is 5.82 Å². The van der Waals surface area contributed by atoms with Gasteiger partial charge in [0.2, 0.25) is 0 Å². The van der Waals surface area contributed by atoms with Gasteiger partial charge in [-0.15, -0.1) is 0 Å². The van der Waals surface area contributed by atoms with Gasteiger partial charge < -0.3 is 19.4 Å². The van der Waals surface area contributed by atoms with Crippen molar-refractivity contribution in [3.05, 3.63) is 70.1 Å². The number of hydrogen-bond acceptors (Lipinski definition) is 4. The zero-order valence-corrected chi connectivity index (χ0v) is 17.7. The van der Waals surface area contributed by atoms with E-state index >= 15 is 0 Å². The second-order valence-electron chi connectivity index (χ2n) is 6.53. The van der Waals surface area contributed by atoms with Crippen LogP contribution in [0.3, 0.4) is 0 Å². The van der Waals surface area contributed by atoms with Crippen LogP contribution in [0.2, 0.25) is 5.02 Å². The average Bonchev–Trinajstić information content (AvgIpc) is 3.02. The topological polar surface area (TPSA) is 65.4 Å². The highest BCUT2D eigenvalue weighted by atomic mass is 35.5. The van der Waals surface area contributed by atoms with Crippen molar-refractivity contribution < 1.29 is 14.3 Å². The Bertz CT molecular complexity index is 1020. The molecule has 7 heteroatoms. The molecule has 0 saturated carbocycles. The van der Waals surface area contributed by atoms with Crippen LogP contribution in [-0.4, -0.2) is 29.2 Å². The molecule has 1 N–H and O–H groups in total. The summed E-state index contributed by atoms with van der Waals surface area (Å²) < 4.78 is 12.9. The predicted molar refractivity (Wildman–Crippen MR) is 113 cm³/mol. The summed E-state index contributed by atoms with van der Waals surface area (Å²) in [6.45, 7) is 6.54. The molecule has 3 rings (SSSR count). The fourth-order valence-electron chi connectivity index (χ4n) is 3.27. The monoisotopic (exact) mass is 413 g/mol. The van der Waals surface area contributed by atoms with Crippen LogP contribution in [0.15, 0.2) is 42.6 Å². The number of amides is 1. The zero-order valence-electron chi connectivity index (χ0n) is 17.0. The van der Waals surface area contributed by atoms with E-state index in [-0.39, 0.29) is 5.91 Å². The molecule has 0 spiro atoms. The van der Waals surface area contributed by atoms with E-state index < -0.39 is 0 Å². The number of aryl methyl sites for hydroxylation is 1. The molecular formula is C22H24ClN3O3. The highest BCUT2D eigenvalue weighted by Gasteiger charge is 2.18. The molecule has 0 radical (unpaired) electrons. The van der Waals surface area contributed by atoms with Crippen molar-refractivity contribution >= 4 is 17.5 Å². The Labute approximate surface area is 175 Å². The Kier molecular flexibility index (Phi) is 6.44. The van der Waals surface area contributed by atoms with E-state index in [9.17, 15) is 4.79 Å². The van der Waals surface area contributed by atoms with Gasteiger partial charge in [0.05, 0.1) is 24.3 Å². The molecular weight excluding hydrogens is 390 g/mol. The molecule has 2 heterocycles. The molecule has 2 aromatic heterocycles. The number of methoxy groups -OCH3 is 1. The minimum absolute atomic E-state index is 0.163. The standard InChI is InChI=1S/C22H24ClN3O3/c1-5-29-21-18(23)11-16(12-19(21)28-4)13-25-22(27)17-10-14(2)26(15(17)3)20-8-6-7-9-24-20/h6-12H,5,13H2,1-4H3,(H,25,27). The lowest BCUT2D eigenvalue weighted by atomic mass is 10.1. The summed E-state index contributed by atoms with van der Waals surface area (Å²) in [5, 5.41) is 3.40. The van der Waals surface area contributed by atoms with Crippen molar-refractivity contribution in [2.75, 3.05) is 13.7 Å². The van der Waals surface area contributed by atoms with Crippen LogP contribution < -0.4 is 14.8 Å². The first-order valence-electron chi connectivity index (χ1n) is 9.34. The Morgan fingerprint density at radius 2 is 2.03 bits per heavy atom. The number of nitrogens with zero attached hydrogens (tertiary/aromatic N) is 2. The van der Waals surface area contributed by atoms with E-state index in [0.29, 0.717) is 35.2 Å². The van der Waals surface area contributed by atoms with Gasteiger partial charge in [-0.1, -0.05) is 17.7 Å². The molecule has 6 nitrogen and oxygen atoms in total. The van der Waals surface area contributed by atoms with Gasteiger partial charge in [-0.05, 0) is 56.7 Å². The number of halogens is 1. The first-order chi connectivity index (χ1) is 14.0. The van der Waals surface area contributed by atoms with Gasteiger partial charge in [-0.25, -0.2) is 4.98 Å². The van der Waals surface area contributed by atoms with Crippen molar-refractivity contribution in [3.8, 4) is 17.3 Å². The van der Waals surface area contributed by atoms with Crippen molar-refractivity contribution in [2.24, 2.45) is 0 Å². The number of carbonyl (C=O) groups excluding carboxylic acids is 1. The summed E-state index contributed by atoms with van der Waals surface area (Å²) >= 11 is 6.31. The molecule has 0 bridgehead atoms. The van der Waals surface area contributed by atoms with Crippen LogP contribution in [0, 0.1) is 13.8 Å². The highest BCUT2D eigenvalue weighted by Crippen LogP contribution is 2.36. The minimum Gasteiger partial charge on any atom is -0.493 e. The van der Waals surface area contributed by atoms with Gasteiger partial charge in [0, 0.05) is 24.1 Å². The molecule has 0 unspecified atom stereocenters. The van der Waals surface area contributed by atoms with Gasteiger partial charge in [0.1, 0.15) is 5.82 Å². The smallest absolute Gasteiger partial charge is 0.253 e. The summed E-state index contributed by atoms with van der Waals surface area (Å²) in [6, 6.07) is 11.1. The van der Waals surface area contributed by atoms with Gasteiger partial charge in [-0.3, -0.25) is 4.79 Å². The Morgan fingerprint density at radius 1 is 1.24 bits per heavy atom. The van der Waals surface area contributed by atoms with E-state index in [1.807, 2.05) is 55.7 Å². The van der Waals surface area contributed by atoms with Gasteiger partial charge in [0.15, 0.2) is 11.5 Å². The Hall–Kier alpha value is -2.99. The van der Waals surface area contributed by atoms with Gasteiger partial charge >= 0.3 is 0 Å². The molecule has 0 fully saturated rings. The number of carbonyl (C=O) groups is 1. The molecule has 3 aromatic rings. The largest absolute Gasteiger partial charge is 0.493 e. The average molecular weight is 414 g/mol. The minimum atomic E-state index is -0.163. The lowest BCUT2D eigenvalue weighted by Gasteiger charge is -2.13. The third kappa shape index (κ3) is 4.38. The number of aromatic nitrogens is 2. The molecule has 152 valence electrons. The first kappa shape index (κ1) is 20.7. The molecule has 0 saturated heterocycles. The number of benzene rings is 1. The second-order valence-corrected chi connectivity index (χ2v) is 6.94. The van der Waals surface area contributed by atoms with E-state index in [2.05, 4.69) is 10.3 Å². The van der Waals surface area contributed by atoms with Crippen LogP contribution in [-0.2, 0) is 6.54 Å². The van der Waals surface area contributed by atoms with Gasteiger partial charge in [-0.2, -0.15) is 0 Å². The quantitative estimate of drug-likeness (QED) is 0.620. The SMILES string of the molecule is CCOc1c(Cl)cc(CNC(=O)c2cc(C)n(-c3ccccn3)c2C)cc1OC. The lowest BCUT2D eigenvalue weighted by molar-refractivity contribution is 0.0950. The molecule has 1 amide bonds. The summed E-state index contributed by atoms with van der Waals surface area (Å²) in [5.74, 6) is 1.66.